The summed E-state index contributed by atoms with van der Waals surface area (Å²) in [4.78, 5) is 0. The van der Waals surface area contributed by atoms with Gasteiger partial charge in [0.1, 0.15) is 5.82 Å². The van der Waals surface area contributed by atoms with Crippen molar-refractivity contribution in [1.82, 2.24) is 9.78 Å². The van der Waals surface area contributed by atoms with Gasteiger partial charge in [-0.25, -0.2) is 4.68 Å². The molecule has 5 rings (SSSR count). The van der Waals surface area contributed by atoms with Crippen molar-refractivity contribution in [3.05, 3.63) is 11.8 Å². The van der Waals surface area contributed by atoms with Gasteiger partial charge in [-0.3, -0.25) is 0 Å². The number of aromatic nitrogens is 2. The smallest absolute Gasteiger partial charge is 0.122 e. The first-order valence-electron chi connectivity index (χ1n) is 7.96. The van der Waals surface area contributed by atoms with Gasteiger partial charge in [0.25, 0.3) is 0 Å². The van der Waals surface area contributed by atoms with Gasteiger partial charge in [-0.2, -0.15) is 5.10 Å². The lowest BCUT2D eigenvalue weighted by atomic mass is 9.51. The molecule has 0 aliphatic heterocycles. The molecule has 0 radical (unpaired) electrons. The highest BCUT2D eigenvalue weighted by Crippen LogP contribution is 2.59. The van der Waals surface area contributed by atoms with Crippen molar-refractivity contribution in [2.24, 2.45) is 23.7 Å². The normalized spacial score (nSPS) is 40.3. The first kappa shape index (κ1) is 11.8. The molecule has 0 spiro atoms. The van der Waals surface area contributed by atoms with Crippen LogP contribution in [-0.2, 0) is 0 Å². The fourth-order valence-corrected chi connectivity index (χ4v) is 5.41. The molecule has 4 fully saturated rings. The van der Waals surface area contributed by atoms with E-state index >= 15 is 0 Å². The van der Waals surface area contributed by atoms with Gasteiger partial charge in [-0.15, -0.1) is 0 Å². The summed E-state index contributed by atoms with van der Waals surface area (Å²) in [5, 5.41) is 4.85. The van der Waals surface area contributed by atoms with E-state index in [2.05, 4.69) is 19.9 Å². The van der Waals surface area contributed by atoms with Crippen molar-refractivity contribution >= 4 is 5.82 Å². The van der Waals surface area contributed by atoms with Crippen LogP contribution in [-0.4, -0.2) is 9.78 Å². The van der Waals surface area contributed by atoms with E-state index in [1.807, 2.05) is 4.68 Å². The minimum absolute atomic E-state index is 0.366. The van der Waals surface area contributed by atoms with Crippen LogP contribution in [0.4, 0.5) is 5.82 Å². The monoisotopic (exact) mass is 259 g/mol. The summed E-state index contributed by atoms with van der Waals surface area (Å²) < 4.78 is 2.00. The standard InChI is InChI=1S/C16H25N3/c1-9(2)19-15(17)8-14(18-19)16-12-4-10-3-11(6-12)7-13(16)5-10/h8-13,16H,3-7,17H2,1-2H3. The van der Waals surface area contributed by atoms with Crippen molar-refractivity contribution in [1.29, 1.82) is 0 Å². The lowest BCUT2D eigenvalue weighted by Gasteiger charge is -2.54. The average molecular weight is 259 g/mol. The van der Waals surface area contributed by atoms with E-state index in [9.17, 15) is 0 Å². The van der Waals surface area contributed by atoms with E-state index in [4.69, 9.17) is 10.8 Å². The van der Waals surface area contributed by atoms with Crippen LogP contribution in [0.1, 0.15) is 63.6 Å². The van der Waals surface area contributed by atoms with Crippen LogP contribution in [0.5, 0.6) is 0 Å². The molecular formula is C16H25N3. The number of nitrogens with two attached hydrogens (primary N) is 1. The SMILES string of the molecule is CC(C)n1nc(C2C3CC4CC(C3)CC2C4)cc1N. The Kier molecular flexibility index (Phi) is 2.49. The topological polar surface area (TPSA) is 43.8 Å². The Morgan fingerprint density at radius 1 is 1.11 bits per heavy atom. The van der Waals surface area contributed by atoms with Crippen LogP contribution in [0.3, 0.4) is 0 Å². The zero-order valence-electron chi connectivity index (χ0n) is 12.0. The van der Waals surface area contributed by atoms with Crippen LogP contribution in [0.25, 0.3) is 0 Å². The lowest BCUT2D eigenvalue weighted by molar-refractivity contribution is -0.00438. The van der Waals surface area contributed by atoms with E-state index in [-0.39, 0.29) is 0 Å². The summed E-state index contributed by atoms with van der Waals surface area (Å²) >= 11 is 0. The van der Waals surface area contributed by atoms with E-state index in [0.717, 1.165) is 29.5 Å². The van der Waals surface area contributed by atoms with Gasteiger partial charge in [0.05, 0.1) is 5.69 Å². The maximum atomic E-state index is 6.14. The maximum absolute atomic E-state index is 6.14. The molecule has 4 aliphatic carbocycles. The molecule has 0 aromatic carbocycles. The van der Waals surface area contributed by atoms with E-state index < -0.39 is 0 Å². The molecule has 0 amide bonds. The molecule has 3 nitrogen and oxygen atoms in total. The Labute approximate surface area is 115 Å². The van der Waals surface area contributed by atoms with Gasteiger partial charge >= 0.3 is 0 Å². The third kappa shape index (κ3) is 1.73. The number of anilines is 1. The number of nitrogen functional groups attached to an aromatic ring is 1. The minimum Gasteiger partial charge on any atom is -0.384 e. The third-order valence-electron chi connectivity index (χ3n) is 5.84. The Hall–Kier alpha value is -0.990. The molecule has 4 bridgehead atoms. The van der Waals surface area contributed by atoms with Crippen molar-refractivity contribution in [3.63, 3.8) is 0 Å². The molecule has 1 aromatic rings. The summed E-state index contributed by atoms with van der Waals surface area (Å²) in [7, 11) is 0. The van der Waals surface area contributed by atoms with Crippen molar-refractivity contribution in [2.45, 2.75) is 57.9 Å². The molecule has 4 saturated carbocycles. The van der Waals surface area contributed by atoms with Crippen LogP contribution in [0.2, 0.25) is 0 Å². The van der Waals surface area contributed by atoms with Gasteiger partial charge in [-0.05, 0) is 69.6 Å². The summed E-state index contributed by atoms with van der Waals surface area (Å²) in [5.41, 5.74) is 7.43. The molecule has 104 valence electrons. The van der Waals surface area contributed by atoms with Crippen molar-refractivity contribution in [3.8, 4) is 0 Å². The first-order chi connectivity index (χ1) is 9.11. The van der Waals surface area contributed by atoms with E-state index in [1.54, 1.807) is 0 Å². The molecule has 3 heteroatoms. The van der Waals surface area contributed by atoms with Crippen molar-refractivity contribution < 1.29 is 0 Å². The summed E-state index contributed by atoms with van der Waals surface area (Å²) in [6.45, 7) is 4.31. The van der Waals surface area contributed by atoms with Crippen molar-refractivity contribution in [2.75, 3.05) is 5.73 Å². The lowest BCUT2D eigenvalue weighted by Crippen LogP contribution is -2.43. The molecular weight excluding hydrogens is 234 g/mol. The largest absolute Gasteiger partial charge is 0.384 e. The highest BCUT2D eigenvalue weighted by Gasteiger charge is 2.49. The van der Waals surface area contributed by atoms with Gasteiger partial charge in [0, 0.05) is 18.0 Å². The number of nitrogens with zero attached hydrogens (tertiary/aromatic N) is 2. The predicted octanol–water partition coefficient (Wildman–Crippen LogP) is 3.59. The fraction of sp³-hybridized carbons (Fsp3) is 0.812. The quantitative estimate of drug-likeness (QED) is 0.882. The van der Waals surface area contributed by atoms with Crippen LogP contribution in [0.15, 0.2) is 6.07 Å². The highest BCUT2D eigenvalue weighted by atomic mass is 15.3. The number of hydrogen-bond acceptors (Lipinski definition) is 2. The van der Waals surface area contributed by atoms with Gasteiger partial charge in [-0.1, -0.05) is 0 Å². The third-order valence-corrected chi connectivity index (χ3v) is 5.84. The summed E-state index contributed by atoms with van der Waals surface area (Å²) in [6.07, 6.45) is 7.32. The highest BCUT2D eigenvalue weighted by molar-refractivity contribution is 5.34. The Morgan fingerprint density at radius 2 is 1.68 bits per heavy atom. The van der Waals surface area contributed by atoms with Crippen LogP contribution < -0.4 is 5.73 Å². The zero-order valence-corrected chi connectivity index (χ0v) is 12.0. The number of hydrogen-bond donors (Lipinski definition) is 1. The fourth-order valence-electron chi connectivity index (χ4n) is 5.41. The zero-order chi connectivity index (χ0) is 13.1. The second kappa shape index (κ2) is 4.00. The van der Waals surface area contributed by atoms with Crippen LogP contribution >= 0.6 is 0 Å². The predicted molar refractivity (Wildman–Crippen MR) is 76.8 cm³/mol. The molecule has 1 aromatic heterocycles. The Morgan fingerprint density at radius 3 is 2.16 bits per heavy atom. The second-order valence-electron chi connectivity index (χ2n) is 7.49. The molecule has 19 heavy (non-hydrogen) atoms. The maximum Gasteiger partial charge on any atom is 0.122 e. The molecule has 0 atom stereocenters. The van der Waals surface area contributed by atoms with Gasteiger partial charge in [0.2, 0.25) is 0 Å². The molecule has 4 aliphatic rings. The first-order valence-corrected chi connectivity index (χ1v) is 7.96. The average Bonchev–Trinajstić information content (AvgIpc) is 2.69. The van der Waals surface area contributed by atoms with Gasteiger partial charge < -0.3 is 5.73 Å². The minimum atomic E-state index is 0.366. The Bertz CT molecular complexity index is 460. The Balaban J connectivity index is 1.67. The summed E-state index contributed by atoms with van der Waals surface area (Å²) in [6, 6.07) is 2.53. The molecule has 1 heterocycles. The van der Waals surface area contributed by atoms with Gasteiger partial charge in [0.15, 0.2) is 0 Å². The molecule has 0 unspecified atom stereocenters. The second-order valence-corrected chi connectivity index (χ2v) is 7.49. The van der Waals surface area contributed by atoms with Crippen LogP contribution in [0, 0.1) is 23.7 Å². The van der Waals surface area contributed by atoms with E-state index in [0.29, 0.717) is 12.0 Å². The number of rotatable bonds is 2. The molecule has 2 N–H and O–H groups in total. The summed E-state index contributed by atoms with van der Waals surface area (Å²) in [5.74, 6) is 5.40. The van der Waals surface area contributed by atoms with E-state index in [1.165, 1.54) is 37.8 Å². The molecule has 0 saturated heterocycles.